The van der Waals surface area contributed by atoms with Crippen LogP contribution in [0.3, 0.4) is 0 Å². The van der Waals surface area contributed by atoms with Crippen molar-refractivity contribution in [2.75, 3.05) is 5.32 Å². The molecule has 130 valence electrons. The molecule has 0 bridgehead atoms. The van der Waals surface area contributed by atoms with Crippen molar-refractivity contribution in [1.82, 2.24) is 20.0 Å². The number of nitrogens with zero attached hydrogens (tertiary/aromatic N) is 4. The Hall–Kier alpha value is -2.58. The zero-order valence-electron chi connectivity index (χ0n) is 14.0. The van der Waals surface area contributed by atoms with E-state index in [0.717, 1.165) is 25.9 Å². The molecule has 1 N–H and O–H groups in total. The van der Waals surface area contributed by atoms with Crippen molar-refractivity contribution in [2.45, 2.75) is 13.8 Å². The molecule has 2 heterocycles. The molecule has 26 heavy (non-hydrogen) atoms. The molecule has 0 radical (unpaired) electrons. The van der Waals surface area contributed by atoms with Gasteiger partial charge in [-0.25, -0.2) is 9.67 Å². The fourth-order valence-electron chi connectivity index (χ4n) is 2.68. The molecule has 0 saturated carbocycles. The second kappa shape index (κ2) is 6.62. The van der Waals surface area contributed by atoms with Crippen LogP contribution in [-0.4, -0.2) is 25.9 Å². The van der Waals surface area contributed by atoms with E-state index in [-0.39, 0.29) is 11.6 Å². The third-order valence-electron chi connectivity index (χ3n) is 4.02. The first-order valence-corrected chi connectivity index (χ1v) is 9.49. The average molecular weight is 428 g/mol. The number of anilines is 1. The molecule has 0 spiro atoms. The van der Waals surface area contributed by atoms with Crippen LogP contribution >= 0.6 is 27.3 Å². The predicted octanol–water partition coefficient (Wildman–Crippen LogP) is 4.51. The number of benzene rings is 2. The third kappa shape index (κ3) is 3.02. The fourth-order valence-corrected chi connectivity index (χ4v) is 4.09. The number of para-hydroxylation sites is 1. The molecule has 8 heteroatoms. The van der Waals surface area contributed by atoms with Gasteiger partial charge in [0.05, 0.1) is 21.6 Å². The predicted molar refractivity (Wildman–Crippen MR) is 106 cm³/mol. The maximum absolute atomic E-state index is 12.6. The number of amides is 1. The van der Waals surface area contributed by atoms with Gasteiger partial charge in [-0.15, -0.1) is 5.10 Å². The maximum atomic E-state index is 12.6. The molecule has 2 aromatic carbocycles. The quantitative estimate of drug-likeness (QED) is 0.521. The van der Waals surface area contributed by atoms with Crippen molar-refractivity contribution in [3.8, 4) is 5.69 Å². The van der Waals surface area contributed by atoms with Gasteiger partial charge in [-0.1, -0.05) is 50.7 Å². The molecule has 0 aliphatic rings. The SMILES string of the molecule is Cc1ccccc1-n1nnc(C(=O)Nc2nc3ccc(Br)cc3s2)c1C. The number of hydrogen-bond acceptors (Lipinski definition) is 5. The second-order valence-electron chi connectivity index (χ2n) is 5.81. The lowest BCUT2D eigenvalue weighted by Gasteiger charge is -2.06. The van der Waals surface area contributed by atoms with E-state index < -0.39 is 0 Å². The summed E-state index contributed by atoms with van der Waals surface area (Å²) in [6.07, 6.45) is 0. The molecular weight excluding hydrogens is 414 g/mol. The molecular formula is C18H14BrN5OS. The monoisotopic (exact) mass is 427 g/mol. The van der Waals surface area contributed by atoms with Crippen molar-refractivity contribution in [3.05, 3.63) is 63.9 Å². The molecule has 0 aliphatic heterocycles. The number of carbonyl (C=O) groups excluding carboxylic acids is 1. The van der Waals surface area contributed by atoms with Crippen LogP contribution < -0.4 is 5.32 Å². The van der Waals surface area contributed by atoms with Crippen LogP contribution in [0.5, 0.6) is 0 Å². The van der Waals surface area contributed by atoms with Gasteiger partial charge in [0.1, 0.15) is 0 Å². The second-order valence-corrected chi connectivity index (χ2v) is 7.75. The number of fused-ring (bicyclic) bond motifs is 1. The van der Waals surface area contributed by atoms with E-state index in [1.165, 1.54) is 11.3 Å². The van der Waals surface area contributed by atoms with Gasteiger partial charge < -0.3 is 0 Å². The Bertz CT molecular complexity index is 1130. The van der Waals surface area contributed by atoms with Gasteiger partial charge >= 0.3 is 0 Å². The first-order valence-electron chi connectivity index (χ1n) is 7.88. The number of aryl methyl sites for hydroxylation is 1. The zero-order valence-corrected chi connectivity index (χ0v) is 16.4. The fraction of sp³-hybridized carbons (Fsp3) is 0.111. The van der Waals surface area contributed by atoms with Crippen LogP contribution in [0.2, 0.25) is 0 Å². The highest BCUT2D eigenvalue weighted by Gasteiger charge is 2.19. The van der Waals surface area contributed by atoms with Crippen molar-refractivity contribution in [3.63, 3.8) is 0 Å². The Kier molecular flexibility index (Phi) is 4.29. The van der Waals surface area contributed by atoms with E-state index in [0.29, 0.717) is 10.8 Å². The van der Waals surface area contributed by atoms with Crippen LogP contribution in [0.25, 0.3) is 15.9 Å². The standard InChI is InChI=1S/C18H14BrN5OS/c1-10-5-3-4-6-14(10)24-11(2)16(22-23-24)17(25)21-18-20-13-8-7-12(19)9-15(13)26-18/h3-9H,1-2H3,(H,20,21,25). The molecule has 4 rings (SSSR count). The molecule has 1 amide bonds. The normalized spacial score (nSPS) is 11.0. The first-order chi connectivity index (χ1) is 12.5. The van der Waals surface area contributed by atoms with Gasteiger partial charge in [-0.2, -0.15) is 0 Å². The summed E-state index contributed by atoms with van der Waals surface area (Å²) >= 11 is 4.86. The van der Waals surface area contributed by atoms with Crippen molar-refractivity contribution < 1.29 is 4.79 Å². The Labute approximate surface area is 162 Å². The molecule has 0 atom stereocenters. The van der Waals surface area contributed by atoms with Crippen LogP contribution in [0.1, 0.15) is 21.7 Å². The molecule has 0 saturated heterocycles. The number of hydrogen-bond donors (Lipinski definition) is 1. The van der Waals surface area contributed by atoms with E-state index in [9.17, 15) is 4.79 Å². The van der Waals surface area contributed by atoms with Gasteiger partial charge in [0.15, 0.2) is 10.8 Å². The van der Waals surface area contributed by atoms with E-state index in [1.807, 2.05) is 56.3 Å². The lowest BCUT2D eigenvalue weighted by Crippen LogP contribution is -2.14. The summed E-state index contributed by atoms with van der Waals surface area (Å²) in [5.41, 5.74) is 3.77. The summed E-state index contributed by atoms with van der Waals surface area (Å²) in [5.74, 6) is -0.319. The number of rotatable bonds is 3. The van der Waals surface area contributed by atoms with Crippen molar-refractivity contribution >= 4 is 48.5 Å². The first kappa shape index (κ1) is 16.9. The molecule has 0 fully saturated rings. The summed E-state index contributed by atoms with van der Waals surface area (Å²) in [6, 6.07) is 13.6. The summed E-state index contributed by atoms with van der Waals surface area (Å²) in [7, 11) is 0. The van der Waals surface area contributed by atoms with Gasteiger partial charge in [-0.05, 0) is 43.7 Å². The topological polar surface area (TPSA) is 72.7 Å². The van der Waals surface area contributed by atoms with Crippen molar-refractivity contribution in [2.24, 2.45) is 0 Å². The maximum Gasteiger partial charge on any atom is 0.279 e. The minimum absolute atomic E-state index is 0.286. The molecule has 6 nitrogen and oxygen atoms in total. The number of nitrogens with one attached hydrogen (secondary N) is 1. The van der Waals surface area contributed by atoms with Crippen LogP contribution in [0.15, 0.2) is 46.9 Å². The lowest BCUT2D eigenvalue weighted by atomic mass is 10.2. The van der Waals surface area contributed by atoms with Crippen LogP contribution in [0, 0.1) is 13.8 Å². The zero-order chi connectivity index (χ0) is 18.3. The lowest BCUT2D eigenvalue weighted by molar-refractivity contribution is 0.102. The number of aromatic nitrogens is 4. The Balaban J connectivity index is 1.63. The van der Waals surface area contributed by atoms with E-state index in [1.54, 1.807) is 4.68 Å². The Morgan fingerprint density at radius 2 is 2.00 bits per heavy atom. The Morgan fingerprint density at radius 3 is 2.81 bits per heavy atom. The van der Waals surface area contributed by atoms with E-state index >= 15 is 0 Å². The van der Waals surface area contributed by atoms with Gasteiger partial charge in [0.25, 0.3) is 5.91 Å². The third-order valence-corrected chi connectivity index (χ3v) is 5.45. The molecule has 0 aliphatic carbocycles. The summed E-state index contributed by atoms with van der Waals surface area (Å²) < 4.78 is 3.65. The highest BCUT2D eigenvalue weighted by molar-refractivity contribution is 9.10. The van der Waals surface area contributed by atoms with Gasteiger partial charge in [-0.3, -0.25) is 10.1 Å². The van der Waals surface area contributed by atoms with E-state index in [4.69, 9.17) is 0 Å². The largest absolute Gasteiger partial charge is 0.296 e. The van der Waals surface area contributed by atoms with Crippen molar-refractivity contribution in [1.29, 1.82) is 0 Å². The van der Waals surface area contributed by atoms with Gasteiger partial charge in [0, 0.05) is 4.47 Å². The molecule has 0 unspecified atom stereocenters. The highest BCUT2D eigenvalue weighted by Crippen LogP contribution is 2.28. The van der Waals surface area contributed by atoms with E-state index in [2.05, 4.69) is 36.5 Å². The summed E-state index contributed by atoms with van der Waals surface area (Å²) in [4.78, 5) is 17.1. The average Bonchev–Trinajstić information content (AvgIpc) is 3.18. The minimum atomic E-state index is -0.319. The summed E-state index contributed by atoms with van der Waals surface area (Å²) in [6.45, 7) is 3.83. The highest BCUT2D eigenvalue weighted by atomic mass is 79.9. The van der Waals surface area contributed by atoms with Crippen LogP contribution in [-0.2, 0) is 0 Å². The Morgan fingerprint density at radius 1 is 1.19 bits per heavy atom. The minimum Gasteiger partial charge on any atom is -0.296 e. The summed E-state index contributed by atoms with van der Waals surface area (Å²) in [5, 5.41) is 11.6. The van der Waals surface area contributed by atoms with Crippen LogP contribution in [0.4, 0.5) is 5.13 Å². The smallest absolute Gasteiger partial charge is 0.279 e. The van der Waals surface area contributed by atoms with Gasteiger partial charge in [0.2, 0.25) is 0 Å². The molecule has 2 aromatic heterocycles. The number of thiazole rings is 1. The number of halogens is 1. The molecule has 4 aromatic rings. The number of carbonyl (C=O) groups is 1.